The predicted octanol–water partition coefficient (Wildman–Crippen LogP) is 16.8. The third kappa shape index (κ3) is 51.8. The van der Waals surface area contributed by atoms with Crippen LogP contribution < -0.4 is 15.6 Å². The number of terminal acetylenes is 3. The summed E-state index contributed by atoms with van der Waals surface area (Å²) in [6.07, 6.45) is 16.7. The van der Waals surface area contributed by atoms with Gasteiger partial charge in [0.1, 0.15) is 8.07 Å². The van der Waals surface area contributed by atoms with E-state index in [1.807, 2.05) is 32.7 Å². The lowest BCUT2D eigenvalue weighted by atomic mass is 10.3. The molecule has 0 aliphatic carbocycles. The van der Waals surface area contributed by atoms with Gasteiger partial charge in [-0.05, 0) is 390 Å². The van der Waals surface area contributed by atoms with Gasteiger partial charge >= 0.3 is 59.9 Å². The van der Waals surface area contributed by atoms with Crippen molar-refractivity contribution in [2.75, 3.05) is 0 Å². The Kier molecular flexibility index (Phi) is 46.7. The van der Waals surface area contributed by atoms with E-state index in [1.165, 1.54) is 15.6 Å². The van der Waals surface area contributed by atoms with Crippen LogP contribution in [0.15, 0.2) is 91.0 Å². The first-order valence-electron chi connectivity index (χ1n) is 40.7. The highest BCUT2D eigenvalue weighted by Crippen LogP contribution is 2.37. The molecular formula is C97H122O11Si16. The summed E-state index contributed by atoms with van der Waals surface area (Å²) in [5.41, 5.74) is 9.91. The summed E-state index contributed by atoms with van der Waals surface area (Å²) in [7, 11) is -40.5. The third-order valence-electron chi connectivity index (χ3n) is 15.7. The van der Waals surface area contributed by atoms with Crippen molar-refractivity contribution in [1.82, 2.24) is 0 Å². The molecule has 0 aliphatic heterocycles. The molecule has 0 saturated heterocycles. The summed E-state index contributed by atoms with van der Waals surface area (Å²) in [6, 6.07) is 38.5. The number of hydrogen-bond donors (Lipinski definition) is 0. The average Bonchev–Trinajstić information content (AvgIpc) is 0.761. The van der Waals surface area contributed by atoms with Gasteiger partial charge in [0.05, 0.1) is 0 Å². The fraction of sp³-hybridized carbons (Fsp3) is 0.381. The zero-order chi connectivity index (χ0) is 93.6. The minimum Gasteiger partial charge on any atom is -0.456 e. The maximum Gasteiger partial charge on any atom is 0.404 e. The maximum absolute atomic E-state index is 7.69. The molecule has 0 spiro atoms. The second kappa shape index (κ2) is 51.9. The molecule has 11 nitrogen and oxygen atoms in total. The highest BCUT2D eigenvalue weighted by molar-refractivity contribution is 7.11. The van der Waals surface area contributed by atoms with Crippen molar-refractivity contribution in [3.05, 3.63) is 91.0 Å². The fourth-order valence-electron chi connectivity index (χ4n) is 13.3. The number of benzene rings is 3. The molecule has 0 radical (unpaired) electrons. The van der Waals surface area contributed by atoms with Crippen LogP contribution in [0.3, 0.4) is 0 Å². The third-order valence-corrected chi connectivity index (χ3v) is 72.7. The van der Waals surface area contributed by atoms with E-state index in [0.29, 0.717) is 6.04 Å². The summed E-state index contributed by atoms with van der Waals surface area (Å²) >= 11 is 0. The van der Waals surface area contributed by atoms with Gasteiger partial charge in [0, 0.05) is 71.0 Å². The van der Waals surface area contributed by atoms with Crippen LogP contribution in [0.4, 0.5) is 0 Å². The summed E-state index contributed by atoms with van der Waals surface area (Å²) < 4.78 is 77.7. The van der Waals surface area contributed by atoms with E-state index in [2.05, 4.69) is 484 Å². The number of rotatable bonds is 35. The minimum absolute atomic E-state index is 0.607. The van der Waals surface area contributed by atoms with Crippen molar-refractivity contribution >= 4 is 150 Å². The van der Waals surface area contributed by atoms with E-state index in [9.17, 15) is 0 Å². The molecule has 0 aromatic heterocycles. The van der Waals surface area contributed by atoms with Gasteiger partial charge in [-0.25, -0.2) is 0 Å². The van der Waals surface area contributed by atoms with Gasteiger partial charge in [-0.15, -0.1) is 19.3 Å². The first-order valence-corrected chi connectivity index (χ1v) is 86.9. The van der Waals surface area contributed by atoms with Gasteiger partial charge < -0.3 is 45.3 Å². The molecular weight excluding hydrogens is 1790 g/mol. The van der Waals surface area contributed by atoms with Crippen LogP contribution in [-0.4, -0.2) is 135 Å². The van der Waals surface area contributed by atoms with Crippen LogP contribution in [0, 0.1) is 249 Å². The van der Waals surface area contributed by atoms with Gasteiger partial charge in [0.25, 0.3) is 0 Å². The van der Waals surface area contributed by atoms with Gasteiger partial charge in [0.15, 0.2) is 66.5 Å². The minimum atomic E-state index is -3.45. The molecule has 3 aromatic rings. The normalized spacial score (nSPS) is 13.7. The molecule has 0 saturated carbocycles. The fourth-order valence-corrected chi connectivity index (χ4v) is 87.9. The maximum atomic E-state index is 7.69. The van der Waals surface area contributed by atoms with Crippen LogP contribution in [0.1, 0.15) is 6.42 Å². The zero-order valence-corrected chi connectivity index (χ0v) is 94.8. The Morgan fingerprint density at radius 2 is 0.419 bits per heavy atom. The standard InChI is InChI=1S/C54H54O6Si8.C43H68O5Si8/c1-19-21-23-25-26-27-28-29-30-31-32-33-34-35-36-37-38-39-40-41-42-43-44-45-46-47-48-50-52-67(17,58-65(14,15)56-62(6,7)8)60-68(18,54-53-64(12,13)55-61(3,4)5)59-66(16,57-63(9,10)11)51-49-24-22-20-2;1-16-17-18-28-36-53(13,45-50(5,6)7)47-55(15,40-39-52(11,12)44-49(2,3)4)48-54(14,46-51(8,9)10)37-29-38-56(41-30-22-19-23-31-41,42-32-24-20-25-33-42)43-34-26-21-27-35-43/h1-2H,53-54H2,3-18H3;1,19-27,30-35H,29,37-40H2,2-15H3. The van der Waals surface area contributed by atoms with E-state index in [4.69, 9.17) is 64.5 Å². The zero-order valence-electron chi connectivity index (χ0n) is 78.8. The first kappa shape index (κ1) is 112. The molecule has 3 aromatic carbocycles. The molecule has 0 heterocycles. The highest BCUT2D eigenvalue weighted by atomic mass is 28.5. The van der Waals surface area contributed by atoms with Gasteiger partial charge in [-0.1, -0.05) is 114 Å². The molecule has 124 heavy (non-hydrogen) atoms. The highest BCUT2D eigenvalue weighted by Gasteiger charge is 2.55. The molecule has 6 unspecified atom stereocenters. The summed E-state index contributed by atoms with van der Waals surface area (Å²) in [5, 5.41) is 4.25. The molecule has 6 atom stereocenters. The van der Waals surface area contributed by atoms with Crippen molar-refractivity contribution < 1.29 is 45.3 Å². The predicted molar refractivity (Wildman–Crippen MR) is 558 cm³/mol. The van der Waals surface area contributed by atoms with Crippen LogP contribution in [-0.2, 0) is 45.3 Å². The topological polar surface area (TPSA) is 102 Å². The summed E-state index contributed by atoms with van der Waals surface area (Å²) in [4.78, 5) is 0. The molecule has 640 valence electrons. The lowest BCUT2D eigenvalue weighted by molar-refractivity contribution is 0.285. The van der Waals surface area contributed by atoms with E-state index in [0.717, 1.165) is 36.6 Å². The Bertz CT molecular complexity index is 5500. The molecule has 27 heteroatoms. The lowest BCUT2D eigenvalue weighted by Gasteiger charge is -2.45. The first-order chi connectivity index (χ1) is 57.4. The van der Waals surface area contributed by atoms with E-state index in [1.54, 1.807) is 0 Å². The monoisotopic (exact) mass is 1910 g/mol. The van der Waals surface area contributed by atoms with Crippen LogP contribution in [0.25, 0.3) is 0 Å². The van der Waals surface area contributed by atoms with Gasteiger partial charge in [-0.3, -0.25) is 0 Å². The van der Waals surface area contributed by atoms with Crippen molar-refractivity contribution in [1.29, 1.82) is 0 Å². The Morgan fingerprint density at radius 1 is 0.202 bits per heavy atom. The Hall–Kier alpha value is -8.55. The van der Waals surface area contributed by atoms with Crippen molar-refractivity contribution in [3.63, 3.8) is 0 Å². The van der Waals surface area contributed by atoms with Crippen molar-refractivity contribution in [3.8, 4) is 249 Å². The van der Waals surface area contributed by atoms with Crippen LogP contribution in [0.2, 0.25) is 233 Å². The quantitative estimate of drug-likeness (QED) is 0.0320. The van der Waals surface area contributed by atoms with Gasteiger partial charge in [-0.2, -0.15) is 0 Å². The Balaban J connectivity index is 0.000000854. The lowest BCUT2D eigenvalue weighted by Crippen LogP contribution is -2.67. The molecule has 0 bridgehead atoms. The summed E-state index contributed by atoms with van der Waals surface area (Å²) in [6.45, 7) is 65.2. The second-order valence-electron chi connectivity index (χ2n) is 36.7. The smallest absolute Gasteiger partial charge is 0.404 e. The van der Waals surface area contributed by atoms with Crippen molar-refractivity contribution in [2.45, 2.75) is 239 Å². The Labute approximate surface area is 767 Å². The van der Waals surface area contributed by atoms with E-state index >= 15 is 0 Å². The second-order valence-corrected chi connectivity index (χ2v) is 101. The average molecular weight is 1910 g/mol. The number of hydrogen-bond acceptors (Lipinski definition) is 11. The Morgan fingerprint density at radius 3 is 0.669 bits per heavy atom. The SMILES string of the molecule is C#CC#CC#CC#CC#CC#CC#CC#CC#CC#CC#CC#CC#CC#CC#C[Si](C)(O[Si](C)(C)O[Si](C)(C)C)O[Si](C)(CC[Si](C)(C)O[Si](C)(C)C)O[Si](C)(C#CC#CC#C)O[Si](C)(C)C.C#CC#CC#C[Si](C)(O[Si](C)(C)C)O[Si](C)(CC[Si](C)(C)O[Si](C)(C)C)O[Si](C)(CCC[Si](c1ccccc1)(c1ccccc1)c1ccccc1)O[Si](C)(C)C. The largest absolute Gasteiger partial charge is 0.456 e. The molecule has 0 N–H and O–H groups in total. The summed E-state index contributed by atoms with van der Waals surface area (Å²) in [5.74, 6) is 92.8. The van der Waals surface area contributed by atoms with Gasteiger partial charge in [0.2, 0.25) is 0 Å². The molecule has 0 fully saturated rings. The molecule has 0 amide bonds. The van der Waals surface area contributed by atoms with Crippen molar-refractivity contribution in [2.24, 2.45) is 0 Å². The van der Waals surface area contributed by atoms with E-state index < -0.39 is 135 Å². The molecule has 3 rings (SSSR count). The van der Waals surface area contributed by atoms with Crippen LogP contribution in [0.5, 0.6) is 0 Å². The molecule has 0 aliphatic rings. The van der Waals surface area contributed by atoms with Crippen LogP contribution >= 0.6 is 0 Å². The van der Waals surface area contributed by atoms with E-state index in [-0.39, 0.29) is 0 Å².